The van der Waals surface area contributed by atoms with Crippen LogP contribution >= 0.6 is 0 Å². The summed E-state index contributed by atoms with van der Waals surface area (Å²) in [5.41, 5.74) is 2.28. The minimum atomic E-state index is -0.902. The monoisotopic (exact) mass is 248 g/mol. The van der Waals surface area contributed by atoms with Crippen molar-refractivity contribution in [2.75, 3.05) is 0 Å². The maximum absolute atomic E-state index is 10.8. The van der Waals surface area contributed by atoms with Crippen LogP contribution in [0.25, 0.3) is 11.1 Å². The van der Waals surface area contributed by atoms with E-state index in [-0.39, 0.29) is 0 Å². The molecule has 0 aromatic heterocycles. The van der Waals surface area contributed by atoms with Gasteiger partial charge in [0.2, 0.25) is 0 Å². The zero-order chi connectivity index (χ0) is 13.1. The second-order valence-electron chi connectivity index (χ2n) is 4.83. The summed E-state index contributed by atoms with van der Waals surface area (Å²) in [5.74, 6) is 0. The van der Waals surface area contributed by atoms with Gasteiger partial charge in [0.25, 0.3) is 0 Å². The van der Waals surface area contributed by atoms with E-state index in [2.05, 4.69) is 18.2 Å². The van der Waals surface area contributed by atoms with Crippen molar-refractivity contribution in [3.63, 3.8) is 0 Å². The third-order valence-electron chi connectivity index (χ3n) is 3.53. The molecular formula is C18H16O. The summed E-state index contributed by atoms with van der Waals surface area (Å²) >= 11 is 0. The van der Waals surface area contributed by atoms with Gasteiger partial charge in [0, 0.05) is 6.42 Å². The smallest absolute Gasteiger partial charge is 0.112 e. The van der Waals surface area contributed by atoms with Gasteiger partial charge in [-0.2, -0.15) is 0 Å². The highest BCUT2D eigenvalue weighted by Gasteiger charge is 2.28. The van der Waals surface area contributed by atoms with Crippen LogP contribution < -0.4 is 0 Å². The van der Waals surface area contributed by atoms with E-state index in [0.717, 1.165) is 16.7 Å². The molecule has 0 radical (unpaired) electrons. The van der Waals surface area contributed by atoms with E-state index in [9.17, 15) is 5.11 Å². The van der Waals surface area contributed by atoms with Gasteiger partial charge in [-0.3, -0.25) is 0 Å². The molecular weight excluding hydrogens is 232 g/mol. The van der Waals surface area contributed by atoms with Crippen molar-refractivity contribution in [3.8, 4) is 11.1 Å². The van der Waals surface area contributed by atoms with Crippen molar-refractivity contribution >= 4 is 0 Å². The van der Waals surface area contributed by atoms with E-state index in [1.807, 2.05) is 60.7 Å². The molecule has 2 aromatic rings. The minimum Gasteiger partial charge on any atom is -0.381 e. The van der Waals surface area contributed by atoms with Crippen molar-refractivity contribution in [2.45, 2.75) is 12.0 Å². The number of hydrogen-bond donors (Lipinski definition) is 1. The van der Waals surface area contributed by atoms with E-state index in [1.165, 1.54) is 0 Å². The van der Waals surface area contributed by atoms with E-state index in [1.54, 1.807) is 0 Å². The predicted molar refractivity (Wildman–Crippen MR) is 78.7 cm³/mol. The molecule has 1 aliphatic rings. The van der Waals surface area contributed by atoms with Crippen LogP contribution in [-0.2, 0) is 5.60 Å². The van der Waals surface area contributed by atoms with E-state index in [0.29, 0.717) is 6.42 Å². The van der Waals surface area contributed by atoms with Crippen LogP contribution in [0, 0.1) is 0 Å². The summed E-state index contributed by atoms with van der Waals surface area (Å²) in [4.78, 5) is 0. The number of benzene rings is 2. The normalized spacial score (nSPS) is 21.5. The van der Waals surface area contributed by atoms with Gasteiger partial charge in [-0.1, -0.05) is 72.8 Å². The molecule has 0 amide bonds. The van der Waals surface area contributed by atoms with Gasteiger partial charge in [-0.25, -0.2) is 0 Å². The Balaban J connectivity index is 2.13. The zero-order valence-corrected chi connectivity index (χ0v) is 10.7. The standard InChI is InChI=1S/C18H16O/c19-18(13-7-2-8-14-18)17-12-6-5-11-16(17)15-9-3-1-4-10-15/h1-13,19H,14H2. The molecule has 94 valence electrons. The molecule has 0 bridgehead atoms. The Kier molecular flexibility index (Phi) is 3.06. The highest BCUT2D eigenvalue weighted by molar-refractivity contribution is 5.69. The Morgan fingerprint density at radius 2 is 1.58 bits per heavy atom. The van der Waals surface area contributed by atoms with Crippen LogP contribution in [0.3, 0.4) is 0 Å². The van der Waals surface area contributed by atoms with Crippen LogP contribution in [-0.4, -0.2) is 5.11 Å². The molecule has 1 atom stereocenters. The van der Waals surface area contributed by atoms with Gasteiger partial charge >= 0.3 is 0 Å². The molecule has 1 nitrogen and oxygen atoms in total. The van der Waals surface area contributed by atoms with E-state index in [4.69, 9.17) is 0 Å². The van der Waals surface area contributed by atoms with Crippen molar-refractivity contribution in [1.29, 1.82) is 0 Å². The largest absolute Gasteiger partial charge is 0.381 e. The van der Waals surface area contributed by atoms with Gasteiger partial charge < -0.3 is 5.11 Å². The van der Waals surface area contributed by atoms with Crippen LogP contribution in [0.4, 0.5) is 0 Å². The summed E-state index contributed by atoms with van der Waals surface area (Å²) in [6.07, 6.45) is 8.37. The average Bonchev–Trinajstić information content (AvgIpc) is 2.49. The Bertz CT molecular complexity index is 625. The van der Waals surface area contributed by atoms with Crippen molar-refractivity contribution in [2.24, 2.45) is 0 Å². The second kappa shape index (κ2) is 4.87. The summed E-state index contributed by atoms with van der Waals surface area (Å²) in [7, 11) is 0. The first-order valence-electron chi connectivity index (χ1n) is 6.51. The lowest BCUT2D eigenvalue weighted by Gasteiger charge is -2.28. The Hall–Kier alpha value is -2.12. The molecule has 19 heavy (non-hydrogen) atoms. The van der Waals surface area contributed by atoms with Gasteiger partial charge in [0.15, 0.2) is 0 Å². The van der Waals surface area contributed by atoms with Gasteiger partial charge in [0.1, 0.15) is 5.60 Å². The molecule has 0 saturated carbocycles. The van der Waals surface area contributed by atoms with Crippen LogP contribution in [0.1, 0.15) is 12.0 Å². The first-order chi connectivity index (χ1) is 9.30. The maximum Gasteiger partial charge on any atom is 0.112 e. The highest BCUT2D eigenvalue weighted by atomic mass is 16.3. The number of hydrogen-bond acceptors (Lipinski definition) is 1. The molecule has 0 fully saturated rings. The highest BCUT2D eigenvalue weighted by Crippen LogP contribution is 2.36. The summed E-state index contributed by atoms with van der Waals surface area (Å²) in [5, 5.41) is 10.8. The predicted octanol–water partition coefficient (Wildman–Crippen LogP) is 4.06. The average molecular weight is 248 g/mol. The first kappa shape index (κ1) is 11.9. The fraction of sp³-hybridized carbons (Fsp3) is 0.111. The molecule has 0 spiro atoms. The van der Waals surface area contributed by atoms with E-state index < -0.39 is 5.60 Å². The molecule has 1 unspecified atom stereocenters. The van der Waals surface area contributed by atoms with Gasteiger partial charge in [0.05, 0.1) is 0 Å². The van der Waals surface area contributed by atoms with Gasteiger partial charge in [-0.05, 0) is 22.8 Å². The molecule has 1 aliphatic carbocycles. The lowest BCUT2D eigenvalue weighted by atomic mass is 9.83. The van der Waals surface area contributed by atoms with Crippen LogP contribution in [0.15, 0.2) is 78.9 Å². The lowest BCUT2D eigenvalue weighted by Crippen LogP contribution is -2.24. The Morgan fingerprint density at radius 1 is 0.842 bits per heavy atom. The number of rotatable bonds is 2. The van der Waals surface area contributed by atoms with Crippen LogP contribution in [0.5, 0.6) is 0 Å². The SMILES string of the molecule is OC1(c2ccccc2-c2ccccc2)C=CC=CC1. The Morgan fingerprint density at radius 3 is 2.32 bits per heavy atom. The number of allylic oxidation sites excluding steroid dienone is 2. The fourth-order valence-corrected chi connectivity index (χ4v) is 2.54. The molecule has 1 heteroatoms. The molecule has 3 rings (SSSR count). The lowest BCUT2D eigenvalue weighted by molar-refractivity contribution is 0.0922. The quantitative estimate of drug-likeness (QED) is 0.849. The van der Waals surface area contributed by atoms with Crippen LogP contribution in [0.2, 0.25) is 0 Å². The Labute approximate surface area is 113 Å². The molecule has 0 saturated heterocycles. The summed E-state index contributed by atoms with van der Waals surface area (Å²) in [6, 6.07) is 18.3. The van der Waals surface area contributed by atoms with E-state index >= 15 is 0 Å². The minimum absolute atomic E-state index is 0.618. The molecule has 0 aliphatic heterocycles. The molecule has 2 aromatic carbocycles. The zero-order valence-electron chi connectivity index (χ0n) is 10.7. The number of aliphatic hydroxyl groups is 1. The topological polar surface area (TPSA) is 20.2 Å². The summed E-state index contributed by atoms with van der Waals surface area (Å²) in [6.45, 7) is 0. The van der Waals surface area contributed by atoms with Gasteiger partial charge in [-0.15, -0.1) is 0 Å². The first-order valence-corrected chi connectivity index (χ1v) is 6.51. The third-order valence-corrected chi connectivity index (χ3v) is 3.53. The van der Waals surface area contributed by atoms with Crippen molar-refractivity contribution in [3.05, 3.63) is 84.5 Å². The third kappa shape index (κ3) is 2.25. The maximum atomic E-state index is 10.8. The van der Waals surface area contributed by atoms with Crippen molar-refractivity contribution in [1.82, 2.24) is 0 Å². The molecule has 0 heterocycles. The second-order valence-corrected chi connectivity index (χ2v) is 4.83. The summed E-state index contributed by atoms with van der Waals surface area (Å²) < 4.78 is 0. The molecule has 1 N–H and O–H groups in total. The fourth-order valence-electron chi connectivity index (χ4n) is 2.54. The van der Waals surface area contributed by atoms with Crippen molar-refractivity contribution < 1.29 is 5.11 Å².